The molecule has 5 nitrogen and oxygen atoms in total. The first-order valence-corrected chi connectivity index (χ1v) is 6.54. The lowest BCUT2D eigenvalue weighted by Crippen LogP contribution is -2.25. The minimum Gasteiger partial charge on any atom is -0.349 e. The number of amides is 1. The van der Waals surface area contributed by atoms with Gasteiger partial charge in [-0.2, -0.15) is 0 Å². The molecule has 0 aromatic carbocycles. The molecule has 1 heterocycles. The molecule has 0 aliphatic heterocycles. The molecule has 1 aromatic rings. The Morgan fingerprint density at radius 2 is 2.28 bits per heavy atom. The number of hydrogen-bond acceptors (Lipinski definition) is 3. The zero-order valence-corrected chi connectivity index (χ0v) is 11.6. The Balaban J connectivity index is 2.34. The molecular weight excluding hydrogens is 228 g/mol. The van der Waals surface area contributed by atoms with Gasteiger partial charge in [0.1, 0.15) is 5.82 Å². The smallest absolute Gasteiger partial charge is 0.220 e. The summed E-state index contributed by atoms with van der Waals surface area (Å²) in [6.45, 7) is 6.65. The number of nitrogens with zero attached hydrogens (tertiary/aromatic N) is 2. The third kappa shape index (κ3) is 5.31. The molecule has 0 aliphatic rings. The quantitative estimate of drug-likeness (QED) is 0.682. The number of imidazole rings is 1. The molecule has 102 valence electrons. The molecule has 0 saturated heterocycles. The van der Waals surface area contributed by atoms with Gasteiger partial charge in [0.05, 0.1) is 6.54 Å². The van der Waals surface area contributed by atoms with Crippen molar-refractivity contribution >= 4 is 5.91 Å². The van der Waals surface area contributed by atoms with Crippen molar-refractivity contribution in [3.63, 3.8) is 0 Å². The average molecular weight is 252 g/mol. The third-order valence-corrected chi connectivity index (χ3v) is 2.64. The molecule has 0 radical (unpaired) electrons. The van der Waals surface area contributed by atoms with Crippen LogP contribution in [-0.2, 0) is 17.9 Å². The van der Waals surface area contributed by atoms with Crippen molar-refractivity contribution < 1.29 is 4.79 Å². The zero-order valence-electron chi connectivity index (χ0n) is 11.6. The summed E-state index contributed by atoms with van der Waals surface area (Å²) in [5.74, 6) is 1.58. The van der Waals surface area contributed by atoms with Crippen LogP contribution in [-0.4, -0.2) is 29.1 Å². The lowest BCUT2D eigenvalue weighted by Gasteiger charge is -2.11. The first kappa shape index (κ1) is 14.7. The minimum absolute atomic E-state index is 0.0874. The minimum atomic E-state index is 0.0874. The molecule has 5 heteroatoms. The van der Waals surface area contributed by atoms with E-state index in [4.69, 9.17) is 0 Å². The second kappa shape index (κ2) is 7.87. The Bertz CT molecular complexity index is 360. The second-order valence-electron chi connectivity index (χ2n) is 4.87. The Kier molecular flexibility index (Phi) is 6.43. The van der Waals surface area contributed by atoms with E-state index in [1.165, 1.54) is 0 Å². The first-order chi connectivity index (χ1) is 8.63. The Labute approximate surface area is 109 Å². The largest absolute Gasteiger partial charge is 0.349 e. The van der Waals surface area contributed by atoms with Crippen molar-refractivity contribution in [2.24, 2.45) is 5.92 Å². The summed E-state index contributed by atoms with van der Waals surface area (Å²) in [6.07, 6.45) is 5.17. The highest BCUT2D eigenvalue weighted by Crippen LogP contribution is 2.03. The summed E-state index contributed by atoms with van der Waals surface area (Å²) >= 11 is 0. The van der Waals surface area contributed by atoms with Gasteiger partial charge >= 0.3 is 0 Å². The van der Waals surface area contributed by atoms with Crippen LogP contribution in [0.15, 0.2) is 12.4 Å². The third-order valence-electron chi connectivity index (χ3n) is 2.64. The van der Waals surface area contributed by atoms with Gasteiger partial charge in [0.2, 0.25) is 5.91 Å². The van der Waals surface area contributed by atoms with Crippen LogP contribution in [0.2, 0.25) is 0 Å². The number of aromatic nitrogens is 2. The fourth-order valence-corrected chi connectivity index (χ4v) is 1.76. The van der Waals surface area contributed by atoms with Crippen LogP contribution < -0.4 is 10.6 Å². The zero-order chi connectivity index (χ0) is 13.4. The molecule has 1 rings (SSSR count). The van der Waals surface area contributed by atoms with Crippen LogP contribution in [0, 0.1) is 5.92 Å². The van der Waals surface area contributed by atoms with E-state index in [1.54, 1.807) is 6.20 Å². The molecule has 0 saturated carbocycles. The number of carbonyl (C=O) groups excluding carboxylic acids is 1. The van der Waals surface area contributed by atoms with Crippen molar-refractivity contribution in [2.45, 2.75) is 39.8 Å². The molecule has 2 N–H and O–H groups in total. The summed E-state index contributed by atoms with van der Waals surface area (Å²) in [7, 11) is 1.89. The van der Waals surface area contributed by atoms with Crippen molar-refractivity contribution in [3.05, 3.63) is 18.2 Å². The Morgan fingerprint density at radius 1 is 1.50 bits per heavy atom. The monoisotopic (exact) mass is 252 g/mol. The average Bonchev–Trinajstić information content (AvgIpc) is 2.73. The molecule has 0 spiro atoms. The molecular formula is C13H24N4O. The number of nitrogens with one attached hydrogen (secondary N) is 2. The molecule has 0 atom stereocenters. The highest BCUT2D eigenvalue weighted by atomic mass is 16.1. The van der Waals surface area contributed by atoms with Crippen molar-refractivity contribution in [3.8, 4) is 0 Å². The van der Waals surface area contributed by atoms with Gasteiger partial charge in [0, 0.05) is 25.4 Å². The number of carbonyl (C=O) groups is 1. The Morgan fingerprint density at radius 3 is 2.94 bits per heavy atom. The molecule has 0 bridgehead atoms. The predicted octanol–water partition coefficient (Wildman–Crippen LogP) is 1.15. The van der Waals surface area contributed by atoms with Crippen molar-refractivity contribution in [1.82, 2.24) is 20.2 Å². The van der Waals surface area contributed by atoms with Crippen LogP contribution >= 0.6 is 0 Å². The van der Waals surface area contributed by atoms with Crippen LogP contribution in [0.5, 0.6) is 0 Å². The van der Waals surface area contributed by atoms with Crippen LogP contribution in [0.25, 0.3) is 0 Å². The van der Waals surface area contributed by atoms with Crippen molar-refractivity contribution in [1.29, 1.82) is 0 Å². The standard InChI is InChI=1S/C13H24N4O/c1-11(2)10-17-8-7-15-12(17)9-16-13(18)5-4-6-14-3/h7-8,11,14H,4-6,9-10H2,1-3H3,(H,16,18). The Hall–Kier alpha value is -1.36. The highest BCUT2D eigenvalue weighted by molar-refractivity contribution is 5.75. The van der Waals surface area contributed by atoms with E-state index in [9.17, 15) is 4.79 Å². The normalized spacial score (nSPS) is 10.9. The van der Waals surface area contributed by atoms with E-state index >= 15 is 0 Å². The van der Waals surface area contributed by atoms with E-state index in [0.29, 0.717) is 18.9 Å². The molecule has 0 fully saturated rings. The van der Waals surface area contributed by atoms with Gasteiger partial charge < -0.3 is 15.2 Å². The van der Waals surface area contributed by atoms with E-state index in [0.717, 1.165) is 25.3 Å². The molecule has 18 heavy (non-hydrogen) atoms. The van der Waals surface area contributed by atoms with Gasteiger partial charge in [-0.25, -0.2) is 4.98 Å². The first-order valence-electron chi connectivity index (χ1n) is 6.54. The van der Waals surface area contributed by atoms with E-state index < -0.39 is 0 Å². The summed E-state index contributed by atoms with van der Waals surface area (Å²) in [5, 5.41) is 5.93. The van der Waals surface area contributed by atoms with Gasteiger partial charge in [-0.15, -0.1) is 0 Å². The van der Waals surface area contributed by atoms with Gasteiger partial charge in [0.15, 0.2) is 0 Å². The lowest BCUT2D eigenvalue weighted by atomic mass is 10.2. The topological polar surface area (TPSA) is 59.0 Å². The maximum Gasteiger partial charge on any atom is 0.220 e. The second-order valence-corrected chi connectivity index (χ2v) is 4.87. The lowest BCUT2D eigenvalue weighted by molar-refractivity contribution is -0.121. The van der Waals surface area contributed by atoms with Gasteiger partial charge in [0.25, 0.3) is 0 Å². The van der Waals surface area contributed by atoms with Gasteiger partial charge in [-0.1, -0.05) is 13.8 Å². The van der Waals surface area contributed by atoms with Crippen LogP contribution in [0.3, 0.4) is 0 Å². The summed E-state index contributed by atoms with van der Waals surface area (Å²) in [4.78, 5) is 15.8. The molecule has 0 aliphatic carbocycles. The van der Waals surface area contributed by atoms with Crippen molar-refractivity contribution in [2.75, 3.05) is 13.6 Å². The summed E-state index contributed by atoms with van der Waals surface area (Å²) in [6, 6.07) is 0. The highest BCUT2D eigenvalue weighted by Gasteiger charge is 2.06. The van der Waals surface area contributed by atoms with Crippen LogP contribution in [0.1, 0.15) is 32.5 Å². The number of rotatable bonds is 8. The fraction of sp³-hybridized carbons (Fsp3) is 0.692. The van der Waals surface area contributed by atoms with Crippen LogP contribution in [0.4, 0.5) is 0 Å². The van der Waals surface area contributed by atoms with Gasteiger partial charge in [-0.3, -0.25) is 4.79 Å². The van der Waals surface area contributed by atoms with Gasteiger partial charge in [-0.05, 0) is 25.9 Å². The summed E-state index contributed by atoms with van der Waals surface area (Å²) < 4.78 is 2.10. The van der Waals surface area contributed by atoms with E-state index in [-0.39, 0.29) is 5.91 Å². The number of hydrogen-bond donors (Lipinski definition) is 2. The maximum atomic E-state index is 11.6. The molecule has 0 unspecified atom stereocenters. The predicted molar refractivity (Wildman–Crippen MR) is 72.1 cm³/mol. The fourth-order valence-electron chi connectivity index (χ4n) is 1.76. The van der Waals surface area contributed by atoms with E-state index in [2.05, 4.69) is 34.0 Å². The van der Waals surface area contributed by atoms with E-state index in [1.807, 2.05) is 13.2 Å². The maximum absolute atomic E-state index is 11.6. The SMILES string of the molecule is CNCCCC(=O)NCc1nccn1CC(C)C. The summed E-state index contributed by atoms with van der Waals surface area (Å²) in [5.41, 5.74) is 0. The molecule has 1 amide bonds. The molecule has 1 aromatic heterocycles.